The zero-order valence-electron chi connectivity index (χ0n) is 9.83. The highest BCUT2D eigenvalue weighted by molar-refractivity contribution is 14.1. The molecule has 1 fully saturated rings. The summed E-state index contributed by atoms with van der Waals surface area (Å²) in [6.45, 7) is 5.05. The number of morpholine rings is 1. The van der Waals surface area contributed by atoms with Crippen molar-refractivity contribution in [3.05, 3.63) is 19.6 Å². The molecule has 0 amide bonds. The normalized spacial score (nSPS) is 16.2. The van der Waals surface area contributed by atoms with Crippen molar-refractivity contribution < 1.29 is 4.74 Å². The lowest BCUT2D eigenvalue weighted by atomic mass is 10.2. The Kier molecular flexibility index (Phi) is 4.38. The quantitative estimate of drug-likeness (QED) is 0.833. The molecule has 0 bridgehead atoms. The summed E-state index contributed by atoms with van der Waals surface area (Å²) in [4.78, 5) is 21.3. The molecule has 1 aromatic heterocycles. The third kappa shape index (κ3) is 2.98. The lowest BCUT2D eigenvalue weighted by Gasteiger charge is -2.27. The van der Waals surface area contributed by atoms with Gasteiger partial charge in [-0.2, -0.15) is 0 Å². The Hall–Kier alpha value is -0.630. The topological polar surface area (TPSA) is 58.2 Å². The number of hydrogen-bond donors (Lipinski definition) is 1. The number of halogens is 1. The van der Waals surface area contributed by atoms with Crippen molar-refractivity contribution in [3.63, 3.8) is 0 Å². The fourth-order valence-electron chi connectivity index (χ4n) is 1.82. The van der Waals surface area contributed by atoms with Crippen LogP contribution in [0.5, 0.6) is 0 Å². The van der Waals surface area contributed by atoms with Crippen LogP contribution < -0.4 is 10.5 Å². The van der Waals surface area contributed by atoms with E-state index in [1.54, 1.807) is 0 Å². The van der Waals surface area contributed by atoms with Crippen molar-refractivity contribution in [2.75, 3.05) is 31.2 Å². The monoisotopic (exact) mass is 349 g/mol. The van der Waals surface area contributed by atoms with Gasteiger partial charge in [0, 0.05) is 13.1 Å². The van der Waals surface area contributed by atoms with E-state index in [9.17, 15) is 4.79 Å². The Bertz CT molecular complexity index is 441. The van der Waals surface area contributed by atoms with E-state index < -0.39 is 0 Å². The summed E-state index contributed by atoms with van der Waals surface area (Å²) in [6, 6.07) is 0. The zero-order valence-corrected chi connectivity index (χ0v) is 12.0. The molecule has 5 nitrogen and oxygen atoms in total. The van der Waals surface area contributed by atoms with E-state index in [2.05, 4.69) is 44.4 Å². The summed E-state index contributed by atoms with van der Waals surface area (Å²) >= 11 is 2.07. The third-order valence-electron chi connectivity index (χ3n) is 2.72. The van der Waals surface area contributed by atoms with Crippen LogP contribution in [0.4, 0.5) is 5.95 Å². The first-order chi connectivity index (χ1) is 8.22. The summed E-state index contributed by atoms with van der Waals surface area (Å²) in [6.07, 6.45) is 1.84. The molecule has 0 atom stereocenters. The Morgan fingerprint density at radius 3 is 2.82 bits per heavy atom. The van der Waals surface area contributed by atoms with Gasteiger partial charge in [0.1, 0.15) is 0 Å². The lowest BCUT2D eigenvalue weighted by Crippen LogP contribution is -2.38. The number of aromatic nitrogens is 2. The molecule has 1 aromatic rings. The van der Waals surface area contributed by atoms with Crippen LogP contribution in [0.2, 0.25) is 0 Å². The molecule has 2 rings (SSSR count). The highest BCUT2D eigenvalue weighted by Crippen LogP contribution is 2.13. The molecule has 1 saturated heterocycles. The Labute approximate surface area is 114 Å². The van der Waals surface area contributed by atoms with Crippen LogP contribution in [0.25, 0.3) is 0 Å². The summed E-state index contributed by atoms with van der Waals surface area (Å²) in [5.41, 5.74) is 0.865. The maximum atomic E-state index is 11.8. The van der Waals surface area contributed by atoms with Gasteiger partial charge in [-0.15, -0.1) is 0 Å². The molecule has 2 heterocycles. The molecule has 0 unspecified atom stereocenters. The van der Waals surface area contributed by atoms with E-state index in [0.717, 1.165) is 31.6 Å². The summed E-state index contributed by atoms with van der Waals surface area (Å²) in [7, 11) is 0. The number of anilines is 1. The van der Waals surface area contributed by atoms with E-state index in [4.69, 9.17) is 4.74 Å². The maximum Gasteiger partial charge on any atom is 0.265 e. The van der Waals surface area contributed by atoms with E-state index >= 15 is 0 Å². The first kappa shape index (κ1) is 12.8. The van der Waals surface area contributed by atoms with E-state index in [-0.39, 0.29) is 5.56 Å². The molecule has 1 aliphatic heterocycles. The predicted octanol–water partition coefficient (Wildman–Crippen LogP) is 1.16. The van der Waals surface area contributed by atoms with Crippen molar-refractivity contribution in [2.24, 2.45) is 0 Å². The van der Waals surface area contributed by atoms with Crippen molar-refractivity contribution >= 4 is 28.5 Å². The molecular formula is C11H16IN3O2. The molecule has 0 aromatic carbocycles. The summed E-state index contributed by atoms with van der Waals surface area (Å²) in [5, 5.41) is 0. The minimum Gasteiger partial charge on any atom is -0.378 e. The largest absolute Gasteiger partial charge is 0.378 e. The first-order valence-electron chi connectivity index (χ1n) is 5.83. The fourth-order valence-corrected chi connectivity index (χ4v) is 2.34. The smallest absolute Gasteiger partial charge is 0.265 e. The van der Waals surface area contributed by atoms with Crippen LogP contribution in [-0.2, 0) is 11.2 Å². The molecule has 6 heteroatoms. The van der Waals surface area contributed by atoms with Gasteiger partial charge in [-0.3, -0.25) is 9.78 Å². The molecule has 94 valence electrons. The van der Waals surface area contributed by atoms with Crippen LogP contribution in [0.15, 0.2) is 4.79 Å². The maximum absolute atomic E-state index is 11.8. The van der Waals surface area contributed by atoms with Crippen LogP contribution in [0.1, 0.15) is 19.0 Å². The average Bonchev–Trinajstić information content (AvgIpc) is 2.36. The number of ether oxygens (including phenoxy) is 1. The number of H-pyrrole nitrogens is 1. The molecule has 17 heavy (non-hydrogen) atoms. The van der Waals surface area contributed by atoms with Crippen molar-refractivity contribution in [1.82, 2.24) is 9.97 Å². The van der Waals surface area contributed by atoms with Gasteiger partial charge in [0.25, 0.3) is 5.56 Å². The third-order valence-corrected chi connectivity index (χ3v) is 3.83. The number of hydrogen-bond acceptors (Lipinski definition) is 4. The zero-order chi connectivity index (χ0) is 12.3. The molecule has 1 N–H and O–H groups in total. The molecule has 0 spiro atoms. The van der Waals surface area contributed by atoms with Gasteiger partial charge in [-0.05, 0) is 29.0 Å². The number of nitrogens with one attached hydrogen (secondary N) is 1. The number of nitrogens with zero attached hydrogens (tertiary/aromatic N) is 2. The van der Waals surface area contributed by atoms with E-state index in [1.165, 1.54) is 0 Å². The average molecular weight is 349 g/mol. The summed E-state index contributed by atoms with van der Waals surface area (Å²) in [5.74, 6) is 0.683. The van der Waals surface area contributed by atoms with Crippen LogP contribution >= 0.6 is 22.6 Å². The van der Waals surface area contributed by atoms with Crippen LogP contribution in [-0.4, -0.2) is 36.3 Å². The number of rotatable bonds is 3. The number of aromatic amines is 1. The van der Waals surface area contributed by atoms with Gasteiger partial charge < -0.3 is 9.64 Å². The van der Waals surface area contributed by atoms with Gasteiger partial charge in [0.15, 0.2) is 0 Å². The standard InChI is InChI=1S/C11H16IN3O2/c1-2-3-8-9(12)10(16)14-11(13-8)15-4-6-17-7-5-15/h2-7H2,1H3,(H,13,14,16). The van der Waals surface area contributed by atoms with E-state index in [1.807, 2.05) is 0 Å². The van der Waals surface area contributed by atoms with Crippen molar-refractivity contribution in [1.29, 1.82) is 0 Å². The van der Waals surface area contributed by atoms with E-state index in [0.29, 0.717) is 22.7 Å². The highest BCUT2D eigenvalue weighted by atomic mass is 127. The minimum atomic E-state index is -0.0365. The second-order valence-electron chi connectivity index (χ2n) is 4.00. The fraction of sp³-hybridized carbons (Fsp3) is 0.636. The van der Waals surface area contributed by atoms with Crippen LogP contribution in [0, 0.1) is 3.57 Å². The van der Waals surface area contributed by atoms with Gasteiger partial charge in [-0.25, -0.2) is 4.98 Å². The summed E-state index contributed by atoms with van der Waals surface area (Å²) < 4.78 is 6.00. The predicted molar refractivity (Wildman–Crippen MR) is 74.6 cm³/mol. The molecule has 1 aliphatic rings. The Morgan fingerprint density at radius 2 is 2.18 bits per heavy atom. The first-order valence-corrected chi connectivity index (χ1v) is 6.91. The van der Waals surface area contributed by atoms with Gasteiger partial charge in [-0.1, -0.05) is 13.3 Å². The molecule has 0 aliphatic carbocycles. The van der Waals surface area contributed by atoms with Crippen molar-refractivity contribution in [3.8, 4) is 0 Å². The molecule has 0 radical (unpaired) electrons. The minimum absolute atomic E-state index is 0.0365. The van der Waals surface area contributed by atoms with Crippen molar-refractivity contribution in [2.45, 2.75) is 19.8 Å². The Morgan fingerprint density at radius 1 is 1.47 bits per heavy atom. The molecule has 0 saturated carbocycles. The van der Waals surface area contributed by atoms with Gasteiger partial charge in [0.2, 0.25) is 5.95 Å². The lowest BCUT2D eigenvalue weighted by molar-refractivity contribution is 0.122. The number of aryl methyl sites for hydroxylation is 1. The molecular weight excluding hydrogens is 333 g/mol. The SMILES string of the molecule is CCCc1nc(N2CCOCC2)[nH]c(=O)c1I. The van der Waals surface area contributed by atoms with Gasteiger partial charge in [0.05, 0.1) is 22.5 Å². The second-order valence-corrected chi connectivity index (χ2v) is 5.08. The highest BCUT2D eigenvalue weighted by Gasteiger charge is 2.16. The van der Waals surface area contributed by atoms with Crippen LogP contribution in [0.3, 0.4) is 0 Å². The Balaban J connectivity index is 2.30. The second kappa shape index (κ2) is 5.81. The van der Waals surface area contributed by atoms with Gasteiger partial charge >= 0.3 is 0 Å².